The van der Waals surface area contributed by atoms with E-state index >= 15 is 4.39 Å². The molecule has 1 aliphatic heterocycles. The number of sulfonamides is 1. The number of allylic oxidation sites excluding steroid dienone is 1. The molecular formula is C24H24F5NO4S2. The summed E-state index contributed by atoms with van der Waals surface area (Å²) in [5.41, 5.74) is -1.47. The zero-order valence-corrected chi connectivity index (χ0v) is 20.6. The second kappa shape index (κ2) is 9.21. The van der Waals surface area contributed by atoms with Gasteiger partial charge in [-0.3, -0.25) is 0 Å². The van der Waals surface area contributed by atoms with E-state index in [2.05, 4.69) is 11.3 Å². The maximum atomic E-state index is 15.1. The molecule has 12 heteroatoms. The molecule has 4 rings (SSSR count). The number of alkyl halides is 3. The van der Waals surface area contributed by atoms with E-state index < -0.39 is 75.7 Å². The molecule has 5 nitrogen and oxygen atoms in total. The molecule has 1 saturated carbocycles. The van der Waals surface area contributed by atoms with Crippen molar-refractivity contribution in [2.24, 2.45) is 5.92 Å². The molecule has 2 aliphatic rings. The van der Waals surface area contributed by atoms with Gasteiger partial charge in [0.2, 0.25) is 10.0 Å². The molecule has 36 heavy (non-hydrogen) atoms. The van der Waals surface area contributed by atoms with Crippen molar-refractivity contribution in [3.05, 3.63) is 77.9 Å². The molecule has 0 amide bonds. The molecule has 2 aromatic rings. The largest absolute Gasteiger partial charge is 0.416 e. The topological polar surface area (TPSA) is 80.3 Å². The molecule has 2 aromatic carbocycles. The van der Waals surface area contributed by atoms with Crippen LogP contribution in [0.1, 0.15) is 43.2 Å². The van der Waals surface area contributed by atoms with Crippen LogP contribution in [0.15, 0.2) is 60.0 Å². The number of rotatable bonds is 5. The number of fused-ring (bicyclic) bond motifs is 1. The van der Waals surface area contributed by atoms with Crippen molar-refractivity contribution in [1.29, 1.82) is 0 Å². The smallest absolute Gasteiger partial charge is 0.223 e. The van der Waals surface area contributed by atoms with Gasteiger partial charge < -0.3 is 0 Å². The van der Waals surface area contributed by atoms with Crippen molar-refractivity contribution in [3.8, 4) is 0 Å². The lowest BCUT2D eigenvalue weighted by Crippen LogP contribution is -2.57. The van der Waals surface area contributed by atoms with Gasteiger partial charge in [0.05, 0.1) is 15.7 Å². The summed E-state index contributed by atoms with van der Waals surface area (Å²) in [5, 5.41) is -0.877. The van der Waals surface area contributed by atoms with Crippen LogP contribution in [0.2, 0.25) is 0 Å². The maximum absolute atomic E-state index is 15.1. The molecule has 0 radical (unpaired) electrons. The number of halogens is 5. The Balaban J connectivity index is 1.84. The predicted molar refractivity (Wildman–Crippen MR) is 123 cm³/mol. The van der Waals surface area contributed by atoms with Crippen molar-refractivity contribution in [2.45, 2.75) is 59.2 Å². The normalized spacial score (nSPS) is 28.3. The Bertz CT molecular complexity index is 1370. The van der Waals surface area contributed by atoms with Crippen LogP contribution in [0, 0.1) is 17.6 Å². The van der Waals surface area contributed by atoms with Crippen LogP contribution in [0.5, 0.6) is 0 Å². The number of hydrogen-bond donors (Lipinski definition) is 1. The zero-order chi connectivity index (χ0) is 26.5. The fraction of sp³-hybridized carbons (Fsp3) is 0.417. The molecule has 4 atom stereocenters. The minimum atomic E-state index is -4.69. The van der Waals surface area contributed by atoms with Gasteiger partial charge >= 0.3 is 6.18 Å². The molecule has 1 saturated heterocycles. The van der Waals surface area contributed by atoms with Crippen molar-refractivity contribution >= 4 is 19.9 Å². The number of sulfone groups is 1. The molecule has 0 bridgehead atoms. The van der Waals surface area contributed by atoms with E-state index in [1.54, 1.807) is 0 Å². The summed E-state index contributed by atoms with van der Waals surface area (Å²) in [6.45, 7) is 3.57. The minimum absolute atomic E-state index is 0.0144. The molecule has 2 fully saturated rings. The zero-order valence-electron chi connectivity index (χ0n) is 18.9. The highest BCUT2D eigenvalue weighted by Crippen LogP contribution is 2.52. The molecule has 0 spiro atoms. The minimum Gasteiger partial charge on any atom is -0.223 e. The summed E-state index contributed by atoms with van der Waals surface area (Å²) >= 11 is 0. The highest BCUT2D eigenvalue weighted by atomic mass is 32.2. The number of hydrogen-bond acceptors (Lipinski definition) is 4. The third-order valence-corrected chi connectivity index (χ3v) is 11.6. The first kappa shape index (κ1) is 26.7. The fourth-order valence-electron chi connectivity index (χ4n) is 5.40. The van der Waals surface area contributed by atoms with Crippen LogP contribution in [-0.2, 0) is 30.8 Å². The molecule has 1 N–H and O–H groups in total. The standard InChI is InChI=1S/C24H24F5NO4S2/c1-2-3-19-12-15-14-23(11-10-22(15)30-36(19,33)34,20-13-17(25)6-9-21(20)26)35(31,32)18-7-4-16(5-8-18)24(27,28)29/h2,4-9,13,15,19,22,30H,1,3,10-12,14H2/t15?,19?,22-,23?/m0/s1. The van der Waals surface area contributed by atoms with E-state index in [-0.39, 0.29) is 32.1 Å². The van der Waals surface area contributed by atoms with Crippen LogP contribution in [0.3, 0.4) is 0 Å². The third-order valence-electron chi connectivity index (χ3n) is 7.20. The summed E-state index contributed by atoms with van der Waals surface area (Å²) in [7, 11) is -8.25. The molecule has 196 valence electrons. The van der Waals surface area contributed by atoms with Gasteiger partial charge in [-0.2, -0.15) is 13.2 Å². The molecular weight excluding hydrogens is 525 g/mol. The second-order valence-electron chi connectivity index (χ2n) is 9.30. The van der Waals surface area contributed by atoms with Gasteiger partial charge in [0.15, 0.2) is 9.84 Å². The summed E-state index contributed by atoms with van der Waals surface area (Å²) in [6, 6.07) is 4.73. The van der Waals surface area contributed by atoms with Crippen LogP contribution in [-0.4, -0.2) is 28.1 Å². The Kier molecular flexibility index (Phi) is 6.85. The Labute approximate surface area is 206 Å². The fourth-order valence-corrected chi connectivity index (χ4v) is 9.43. The van der Waals surface area contributed by atoms with E-state index in [0.717, 1.165) is 30.3 Å². The SMILES string of the molecule is C=CCC1CC2CC(c3cc(F)ccc3F)(S(=O)(=O)c3ccc(C(F)(F)F)cc3)CC[C@@H]2NS1(=O)=O. The van der Waals surface area contributed by atoms with Crippen molar-refractivity contribution in [1.82, 2.24) is 4.72 Å². The Hall–Kier alpha value is -2.31. The summed E-state index contributed by atoms with van der Waals surface area (Å²) in [6.07, 6.45) is -3.54. The first-order valence-electron chi connectivity index (χ1n) is 11.2. The Morgan fingerprint density at radius 2 is 1.78 bits per heavy atom. The molecule has 1 heterocycles. The van der Waals surface area contributed by atoms with Gasteiger partial charge in [-0.15, -0.1) is 6.58 Å². The lowest BCUT2D eigenvalue weighted by atomic mass is 9.72. The Morgan fingerprint density at radius 1 is 1.11 bits per heavy atom. The first-order chi connectivity index (χ1) is 16.7. The van der Waals surface area contributed by atoms with Gasteiger partial charge in [-0.1, -0.05) is 6.08 Å². The first-order valence-corrected chi connectivity index (χ1v) is 14.2. The summed E-state index contributed by atoms with van der Waals surface area (Å²) < 4.78 is 122. The van der Waals surface area contributed by atoms with E-state index in [1.807, 2.05) is 0 Å². The van der Waals surface area contributed by atoms with Gasteiger partial charge in [-0.25, -0.2) is 30.3 Å². The lowest BCUT2D eigenvalue weighted by molar-refractivity contribution is -0.137. The van der Waals surface area contributed by atoms with Crippen LogP contribution in [0.4, 0.5) is 22.0 Å². The summed E-state index contributed by atoms with van der Waals surface area (Å²) in [5.74, 6) is -2.38. The van der Waals surface area contributed by atoms with Crippen molar-refractivity contribution in [3.63, 3.8) is 0 Å². The lowest BCUT2D eigenvalue weighted by Gasteiger charge is -2.47. The van der Waals surface area contributed by atoms with Gasteiger partial charge in [-0.05, 0) is 80.5 Å². The summed E-state index contributed by atoms with van der Waals surface area (Å²) in [4.78, 5) is -0.461. The van der Waals surface area contributed by atoms with Crippen molar-refractivity contribution < 1.29 is 38.8 Å². The second-order valence-corrected chi connectivity index (χ2v) is 13.6. The van der Waals surface area contributed by atoms with E-state index in [1.165, 1.54) is 6.08 Å². The predicted octanol–water partition coefficient (Wildman–Crippen LogP) is 5.09. The number of nitrogens with one attached hydrogen (secondary N) is 1. The third kappa shape index (κ3) is 4.58. The number of benzene rings is 2. The molecule has 3 unspecified atom stereocenters. The highest BCUT2D eigenvalue weighted by Gasteiger charge is 2.55. The molecule has 0 aromatic heterocycles. The Morgan fingerprint density at radius 3 is 2.39 bits per heavy atom. The van der Waals surface area contributed by atoms with Gasteiger partial charge in [0, 0.05) is 11.6 Å². The highest BCUT2D eigenvalue weighted by molar-refractivity contribution is 7.92. The van der Waals surface area contributed by atoms with E-state index in [4.69, 9.17) is 0 Å². The van der Waals surface area contributed by atoms with Gasteiger partial charge in [0.1, 0.15) is 16.4 Å². The van der Waals surface area contributed by atoms with E-state index in [0.29, 0.717) is 12.1 Å². The van der Waals surface area contributed by atoms with Crippen LogP contribution in [0.25, 0.3) is 0 Å². The maximum Gasteiger partial charge on any atom is 0.416 e. The monoisotopic (exact) mass is 549 g/mol. The van der Waals surface area contributed by atoms with Crippen LogP contribution < -0.4 is 4.72 Å². The quantitative estimate of drug-likeness (QED) is 0.416. The van der Waals surface area contributed by atoms with Crippen molar-refractivity contribution in [2.75, 3.05) is 0 Å². The average molecular weight is 550 g/mol. The van der Waals surface area contributed by atoms with Gasteiger partial charge in [0.25, 0.3) is 0 Å². The van der Waals surface area contributed by atoms with Crippen LogP contribution >= 0.6 is 0 Å². The average Bonchev–Trinajstić information content (AvgIpc) is 2.80. The van der Waals surface area contributed by atoms with E-state index in [9.17, 15) is 34.4 Å². The molecule has 1 aliphatic carbocycles.